The number of benzene rings is 3. The Labute approximate surface area is 217 Å². The summed E-state index contributed by atoms with van der Waals surface area (Å²) in [4.78, 5) is 26.8. The number of fused-ring (bicyclic) bond motifs is 1. The molecule has 0 fully saturated rings. The van der Waals surface area contributed by atoms with E-state index in [1.807, 2.05) is 6.07 Å². The molecule has 0 radical (unpaired) electrons. The van der Waals surface area contributed by atoms with Gasteiger partial charge in [0.25, 0.3) is 10.1 Å². The fraction of sp³-hybridized carbons (Fsp3) is 0.115. The molecule has 0 amide bonds. The first-order chi connectivity index (χ1) is 18.0. The number of esters is 2. The van der Waals surface area contributed by atoms with Crippen LogP contribution in [0.4, 0.5) is 5.69 Å². The normalized spacial score (nSPS) is 15.8. The van der Waals surface area contributed by atoms with Crippen LogP contribution in [0.2, 0.25) is 0 Å². The van der Waals surface area contributed by atoms with Crippen molar-refractivity contribution in [3.05, 3.63) is 88.9 Å². The maximum absolute atomic E-state index is 13.2. The number of hydrogen-bond donors (Lipinski definition) is 3. The molecule has 11 nitrogen and oxygen atoms in total. The number of methoxy groups -OCH3 is 2. The van der Waals surface area contributed by atoms with E-state index in [2.05, 4.69) is 0 Å². The molecule has 3 aromatic rings. The Morgan fingerprint density at radius 3 is 2.26 bits per heavy atom. The van der Waals surface area contributed by atoms with Crippen LogP contribution in [-0.4, -0.2) is 44.2 Å². The summed E-state index contributed by atoms with van der Waals surface area (Å²) in [6.45, 7) is 0. The van der Waals surface area contributed by atoms with Gasteiger partial charge in [0.05, 0.1) is 42.2 Å². The lowest BCUT2D eigenvalue weighted by atomic mass is 9.81. The highest BCUT2D eigenvalue weighted by molar-refractivity contribution is 7.85. The number of anilines is 1. The predicted molar refractivity (Wildman–Crippen MR) is 135 cm³/mol. The van der Waals surface area contributed by atoms with E-state index in [9.17, 15) is 32.9 Å². The monoisotopic (exact) mass is 535 g/mol. The Kier molecular flexibility index (Phi) is 6.82. The van der Waals surface area contributed by atoms with Gasteiger partial charge in [-0.3, -0.25) is 9.45 Å². The molecular formula is C26H21N3O8S. The average molecular weight is 536 g/mol. The number of carbonyl (C=O) groups is 2. The zero-order valence-corrected chi connectivity index (χ0v) is 20.9. The number of nitriles is 1. The fourth-order valence-corrected chi connectivity index (χ4v) is 4.92. The number of ether oxygens (including phenoxy) is 2. The second-order valence-electron chi connectivity index (χ2n) is 8.16. The van der Waals surface area contributed by atoms with Gasteiger partial charge in [-0.1, -0.05) is 30.3 Å². The standard InChI is InChI=1S/C26H21N3O8S/c1-36-25(31)22-21(14-6-4-3-5-7-14)19(13-27)24(28)29(23(22)26(32)37-2)16-8-9-18-15(10-16)11-17(12-20(18)30)38(33,34)35/h3-12,21,30H,28H2,1-2H3,(H,33,34,35). The lowest BCUT2D eigenvalue weighted by Gasteiger charge is -2.36. The van der Waals surface area contributed by atoms with Gasteiger partial charge >= 0.3 is 11.9 Å². The minimum Gasteiger partial charge on any atom is -0.507 e. The number of aromatic hydroxyl groups is 1. The smallest absolute Gasteiger partial charge is 0.355 e. The highest BCUT2D eigenvalue weighted by Crippen LogP contribution is 2.44. The maximum Gasteiger partial charge on any atom is 0.355 e. The molecule has 0 aromatic heterocycles. The molecule has 0 aliphatic carbocycles. The molecule has 1 atom stereocenters. The second-order valence-corrected chi connectivity index (χ2v) is 9.58. The van der Waals surface area contributed by atoms with Crippen molar-refractivity contribution in [3.8, 4) is 11.8 Å². The number of rotatable bonds is 5. The van der Waals surface area contributed by atoms with E-state index in [4.69, 9.17) is 15.2 Å². The zero-order valence-electron chi connectivity index (χ0n) is 20.1. The third kappa shape index (κ3) is 4.40. The van der Waals surface area contributed by atoms with Crippen molar-refractivity contribution in [1.82, 2.24) is 0 Å². The summed E-state index contributed by atoms with van der Waals surface area (Å²) in [6, 6.07) is 16.7. The molecule has 1 unspecified atom stereocenters. The molecule has 194 valence electrons. The third-order valence-electron chi connectivity index (χ3n) is 6.05. The van der Waals surface area contributed by atoms with Crippen molar-refractivity contribution >= 4 is 38.5 Å². The number of carbonyl (C=O) groups excluding carboxylic acids is 2. The Morgan fingerprint density at radius 2 is 1.68 bits per heavy atom. The van der Waals surface area contributed by atoms with Crippen LogP contribution < -0.4 is 10.6 Å². The summed E-state index contributed by atoms with van der Waals surface area (Å²) >= 11 is 0. The molecule has 12 heteroatoms. The van der Waals surface area contributed by atoms with Gasteiger partial charge in [-0.2, -0.15) is 13.7 Å². The molecule has 1 aliphatic rings. The maximum atomic E-state index is 13.2. The van der Waals surface area contributed by atoms with E-state index in [0.29, 0.717) is 5.56 Å². The van der Waals surface area contributed by atoms with Crippen molar-refractivity contribution in [2.75, 3.05) is 19.1 Å². The molecule has 4 N–H and O–H groups in total. The van der Waals surface area contributed by atoms with Gasteiger partial charge in [-0.15, -0.1) is 0 Å². The minimum atomic E-state index is -4.66. The Bertz CT molecular complexity index is 1690. The highest BCUT2D eigenvalue weighted by atomic mass is 32.2. The van der Waals surface area contributed by atoms with Gasteiger partial charge in [-0.25, -0.2) is 9.59 Å². The first-order valence-electron chi connectivity index (χ1n) is 10.9. The van der Waals surface area contributed by atoms with Crippen molar-refractivity contribution in [1.29, 1.82) is 5.26 Å². The van der Waals surface area contributed by atoms with Crippen LogP contribution in [-0.2, 0) is 29.2 Å². The molecule has 38 heavy (non-hydrogen) atoms. The lowest BCUT2D eigenvalue weighted by Crippen LogP contribution is -2.40. The molecule has 4 rings (SSSR count). The number of hydrogen-bond acceptors (Lipinski definition) is 10. The van der Waals surface area contributed by atoms with Crippen molar-refractivity contribution < 1.29 is 37.1 Å². The molecule has 1 heterocycles. The first-order valence-corrected chi connectivity index (χ1v) is 12.4. The average Bonchev–Trinajstić information content (AvgIpc) is 2.91. The summed E-state index contributed by atoms with van der Waals surface area (Å²) in [5, 5.41) is 20.8. The summed E-state index contributed by atoms with van der Waals surface area (Å²) < 4.78 is 42.8. The van der Waals surface area contributed by atoms with Gasteiger partial charge in [0.2, 0.25) is 0 Å². The van der Waals surface area contributed by atoms with Crippen LogP contribution in [0.15, 0.2) is 88.2 Å². The van der Waals surface area contributed by atoms with Gasteiger partial charge in [0, 0.05) is 17.1 Å². The summed E-state index contributed by atoms with van der Waals surface area (Å²) in [6.07, 6.45) is 0. The molecule has 0 saturated heterocycles. The molecule has 0 spiro atoms. The Hall–Kier alpha value is -4.86. The number of phenolic OH excluding ortho intramolecular Hbond substituents is 1. The number of nitrogens with zero attached hydrogens (tertiary/aromatic N) is 2. The van der Waals surface area contributed by atoms with E-state index in [1.54, 1.807) is 30.3 Å². The van der Waals surface area contributed by atoms with E-state index in [0.717, 1.165) is 31.3 Å². The quantitative estimate of drug-likeness (QED) is 0.323. The lowest BCUT2D eigenvalue weighted by molar-refractivity contribution is -0.139. The molecule has 0 bridgehead atoms. The van der Waals surface area contributed by atoms with Crippen LogP contribution in [0.1, 0.15) is 11.5 Å². The first kappa shape index (κ1) is 26.2. The molecule has 0 saturated carbocycles. The van der Waals surface area contributed by atoms with Gasteiger partial charge in [0.1, 0.15) is 17.3 Å². The van der Waals surface area contributed by atoms with E-state index < -0.39 is 38.6 Å². The Balaban J connectivity index is 2.08. The summed E-state index contributed by atoms with van der Waals surface area (Å²) in [7, 11) is -2.43. The largest absolute Gasteiger partial charge is 0.507 e. The van der Waals surface area contributed by atoms with Gasteiger partial charge < -0.3 is 20.3 Å². The SMILES string of the molecule is COC(=O)C1=C(C(=O)OC)N(c2ccc3c(O)cc(S(=O)(=O)O)cc3c2)C(N)=C(C#N)C1c1ccccc1. The Morgan fingerprint density at radius 1 is 1.03 bits per heavy atom. The molecular weight excluding hydrogens is 514 g/mol. The number of allylic oxidation sites excluding steroid dienone is 1. The van der Waals surface area contributed by atoms with Gasteiger partial charge in [0.15, 0.2) is 0 Å². The summed E-state index contributed by atoms with van der Waals surface area (Å²) in [5.74, 6) is -3.54. The van der Waals surface area contributed by atoms with Crippen LogP contribution in [0, 0.1) is 11.3 Å². The van der Waals surface area contributed by atoms with E-state index in [-0.39, 0.29) is 39.1 Å². The van der Waals surface area contributed by atoms with E-state index >= 15 is 0 Å². The fourth-order valence-electron chi connectivity index (χ4n) is 4.38. The van der Waals surface area contributed by atoms with E-state index in [1.165, 1.54) is 18.2 Å². The number of nitrogens with two attached hydrogens (primary N) is 1. The second kappa shape index (κ2) is 9.89. The van der Waals surface area contributed by atoms with Crippen LogP contribution in [0.25, 0.3) is 10.8 Å². The minimum absolute atomic E-state index is 0.0566. The van der Waals surface area contributed by atoms with Gasteiger partial charge in [-0.05, 0) is 35.2 Å². The van der Waals surface area contributed by atoms with Crippen molar-refractivity contribution in [3.63, 3.8) is 0 Å². The van der Waals surface area contributed by atoms with Crippen LogP contribution in [0.3, 0.4) is 0 Å². The topological polar surface area (TPSA) is 180 Å². The van der Waals surface area contributed by atoms with Crippen molar-refractivity contribution in [2.45, 2.75) is 10.8 Å². The zero-order chi connectivity index (χ0) is 27.8. The molecule has 3 aromatic carbocycles. The van der Waals surface area contributed by atoms with Crippen LogP contribution >= 0.6 is 0 Å². The van der Waals surface area contributed by atoms with Crippen LogP contribution in [0.5, 0.6) is 5.75 Å². The summed E-state index contributed by atoms with van der Waals surface area (Å²) in [5.41, 5.74) is 6.50. The number of phenols is 1. The highest BCUT2D eigenvalue weighted by Gasteiger charge is 2.43. The van der Waals surface area contributed by atoms with Crippen molar-refractivity contribution in [2.24, 2.45) is 5.73 Å². The third-order valence-corrected chi connectivity index (χ3v) is 6.89. The predicted octanol–water partition coefficient (Wildman–Crippen LogP) is 2.69. The molecule has 1 aliphatic heterocycles.